The van der Waals surface area contributed by atoms with E-state index >= 15 is 0 Å². The SMILES string of the molecule is [2H]C(C)(C)NC([2H])([2H])C(O)COc1ccc(CCOC)cc1. The minimum Gasteiger partial charge on any atom is -0.491 e. The summed E-state index contributed by atoms with van der Waals surface area (Å²) in [6.07, 6.45) is -0.574. The molecule has 1 aromatic rings. The first kappa shape index (κ1) is 11.7. The van der Waals surface area contributed by atoms with Crippen molar-refractivity contribution in [2.45, 2.75) is 32.4 Å². The van der Waals surface area contributed by atoms with Crippen molar-refractivity contribution in [1.82, 2.24) is 5.32 Å². The van der Waals surface area contributed by atoms with Crippen LogP contribution in [0.3, 0.4) is 0 Å². The Morgan fingerprint density at radius 2 is 2.05 bits per heavy atom. The van der Waals surface area contributed by atoms with Gasteiger partial charge < -0.3 is 19.9 Å². The van der Waals surface area contributed by atoms with Crippen LogP contribution in [0.2, 0.25) is 0 Å². The molecule has 108 valence electrons. The highest BCUT2D eigenvalue weighted by molar-refractivity contribution is 5.27. The topological polar surface area (TPSA) is 50.7 Å². The molecule has 19 heavy (non-hydrogen) atoms. The highest BCUT2D eigenvalue weighted by Gasteiger charge is 2.05. The van der Waals surface area contributed by atoms with E-state index in [4.69, 9.17) is 13.6 Å². The Bertz CT molecular complexity index is 446. The smallest absolute Gasteiger partial charge is 0.119 e. The van der Waals surface area contributed by atoms with Crippen LogP contribution in [-0.4, -0.2) is 44.0 Å². The minimum atomic E-state index is -2.11. The zero-order chi connectivity index (χ0) is 16.8. The molecule has 4 nitrogen and oxygen atoms in total. The highest BCUT2D eigenvalue weighted by atomic mass is 16.5. The first-order valence-electron chi connectivity index (χ1n) is 7.82. The predicted molar refractivity (Wildman–Crippen MR) is 76.7 cm³/mol. The normalized spacial score (nSPS) is 16.3. The molecule has 0 heterocycles. The minimum absolute atomic E-state index is 0.201. The fraction of sp³-hybridized carbons (Fsp3) is 0.600. The maximum absolute atomic E-state index is 9.91. The average Bonchev–Trinajstić information content (AvgIpc) is 2.41. The van der Waals surface area contributed by atoms with Crippen LogP contribution in [0.15, 0.2) is 24.3 Å². The van der Waals surface area contributed by atoms with Crippen molar-refractivity contribution < 1.29 is 18.7 Å². The van der Waals surface area contributed by atoms with E-state index in [9.17, 15) is 5.11 Å². The van der Waals surface area contributed by atoms with Crippen molar-refractivity contribution >= 4 is 0 Å². The monoisotopic (exact) mass is 270 g/mol. The van der Waals surface area contributed by atoms with Crippen LogP contribution >= 0.6 is 0 Å². The Morgan fingerprint density at radius 3 is 2.63 bits per heavy atom. The van der Waals surface area contributed by atoms with Gasteiger partial charge in [0.1, 0.15) is 18.5 Å². The van der Waals surface area contributed by atoms with Gasteiger partial charge in [-0.15, -0.1) is 0 Å². The van der Waals surface area contributed by atoms with Crippen LogP contribution in [0.4, 0.5) is 0 Å². The van der Waals surface area contributed by atoms with Gasteiger partial charge in [-0.3, -0.25) is 0 Å². The van der Waals surface area contributed by atoms with Crippen molar-refractivity contribution in [3.8, 4) is 5.75 Å². The molecule has 1 rings (SSSR count). The third-order valence-electron chi connectivity index (χ3n) is 2.41. The number of aliphatic hydroxyl groups is 1. The van der Waals surface area contributed by atoms with Crippen LogP contribution in [0.5, 0.6) is 5.75 Å². The average molecular weight is 270 g/mol. The molecule has 4 heteroatoms. The summed E-state index contributed by atoms with van der Waals surface area (Å²) in [7, 11) is 1.65. The molecular formula is C15H25NO3. The standard InChI is InChI=1S/C15H25NO3/c1-12(2)16-10-14(17)11-19-15-6-4-13(5-7-15)8-9-18-3/h4-7,12,14,16-17H,8-11H2,1-3H3/i10D2,12D. The van der Waals surface area contributed by atoms with E-state index < -0.39 is 18.6 Å². The maximum atomic E-state index is 9.91. The van der Waals surface area contributed by atoms with Gasteiger partial charge in [-0.2, -0.15) is 0 Å². The number of rotatable bonds is 9. The molecular weight excluding hydrogens is 242 g/mol. The molecule has 0 radical (unpaired) electrons. The van der Waals surface area contributed by atoms with Crippen molar-refractivity contribution in [3.05, 3.63) is 29.8 Å². The zero-order valence-electron chi connectivity index (χ0n) is 14.8. The molecule has 0 saturated heterocycles. The maximum Gasteiger partial charge on any atom is 0.119 e. The molecule has 0 saturated carbocycles. The van der Waals surface area contributed by atoms with Gasteiger partial charge in [0.15, 0.2) is 0 Å². The summed E-state index contributed by atoms with van der Waals surface area (Å²) in [4.78, 5) is 0. The summed E-state index contributed by atoms with van der Waals surface area (Å²) in [5.41, 5.74) is 1.11. The molecule has 0 fully saturated rings. The quantitative estimate of drug-likeness (QED) is 0.716. The van der Waals surface area contributed by atoms with E-state index in [0.717, 1.165) is 12.0 Å². The number of hydrogen-bond donors (Lipinski definition) is 2. The molecule has 0 amide bonds. The number of benzene rings is 1. The summed E-state index contributed by atoms with van der Waals surface area (Å²) in [5, 5.41) is 12.3. The lowest BCUT2D eigenvalue weighted by atomic mass is 10.1. The summed E-state index contributed by atoms with van der Waals surface area (Å²) in [5.74, 6) is 0.557. The first-order chi connectivity index (χ1) is 10.1. The van der Waals surface area contributed by atoms with Crippen LogP contribution in [0.1, 0.15) is 23.5 Å². The van der Waals surface area contributed by atoms with Gasteiger partial charge in [0.2, 0.25) is 0 Å². The summed E-state index contributed by atoms with van der Waals surface area (Å²) in [6, 6.07) is 6.17. The summed E-state index contributed by atoms with van der Waals surface area (Å²) >= 11 is 0. The fourth-order valence-electron chi connectivity index (χ4n) is 1.42. The second-order valence-corrected chi connectivity index (χ2v) is 4.48. The lowest BCUT2D eigenvalue weighted by Crippen LogP contribution is -2.35. The second-order valence-electron chi connectivity index (χ2n) is 4.48. The van der Waals surface area contributed by atoms with Gasteiger partial charge in [-0.05, 0) is 24.1 Å². The molecule has 2 N–H and O–H groups in total. The van der Waals surface area contributed by atoms with E-state index in [1.165, 1.54) is 13.8 Å². The van der Waals surface area contributed by atoms with E-state index in [1.54, 1.807) is 19.2 Å². The largest absolute Gasteiger partial charge is 0.491 e. The third kappa shape index (κ3) is 7.15. The molecule has 0 spiro atoms. The van der Waals surface area contributed by atoms with Crippen LogP contribution in [0.25, 0.3) is 0 Å². The van der Waals surface area contributed by atoms with Crippen LogP contribution < -0.4 is 10.1 Å². The molecule has 1 atom stereocenters. The number of nitrogens with one attached hydrogen (secondary N) is 1. The van der Waals surface area contributed by atoms with Crippen molar-refractivity contribution in [2.75, 3.05) is 26.8 Å². The Hall–Kier alpha value is -1.10. The number of aliphatic hydroxyl groups excluding tert-OH is 1. The van der Waals surface area contributed by atoms with E-state index in [-0.39, 0.29) is 6.61 Å². The molecule has 1 unspecified atom stereocenters. The Balaban J connectivity index is 2.51. The first-order valence-corrected chi connectivity index (χ1v) is 6.32. The molecule has 0 bridgehead atoms. The van der Waals surface area contributed by atoms with Crippen molar-refractivity contribution in [1.29, 1.82) is 0 Å². The Labute approximate surface area is 120 Å². The Morgan fingerprint density at radius 1 is 1.37 bits per heavy atom. The second kappa shape index (κ2) is 8.91. The predicted octanol–water partition coefficient (Wildman–Crippen LogP) is 1.61. The van der Waals surface area contributed by atoms with Crippen molar-refractivity contribution in [2.24, 2.45) is 0 Å². The number of ether oxygens (including phenoxy) is 2. The number of methoxy groups -OCH3 is 1. The van der Waals surface area contributed by atoms with Gasteiger partial charge in [0.25, 0.3) is 0 Å². The van der Waals surface area contributed by atoms with Crippen LogP contribution in [-0.2, 0) is 11.2 Å². The van der Waals surface area contributed by atoms with Gasteiger partial charge >= 0.3 is 0 Å². The molecule has 0 aliphatic rings. The highest BCUT2D eigenvalue weighted by Crippen LogP contribution is 2.12. The van der Waals surface area contributed by atoms with Gasteiger partial charge in [0, 0.05) is 23.7 Å². The molecule has 0 aromatic heterocycles. The van der Waals surface area contributed by atoms with Gasteiger partial charge in [-0.25, -0.2) is 0 Å². The van der Waals surface area contributed by atoms with Crippen molar-refractivity contribution in [3.63, 3.8) is 0 Å². The van der Waals surface area contributed by atoms with Gasteiger partial charge in [0.05, 0.1) is 6.61 Å². The Kier molecular flexibility index (Phi) is 5.49. The zero-order valence-corrected chi connectivity index (χ0v) is 11.8. The van der Waals surface area contributed by atoms with E-state index in [2.05, 4.69) is 5.32 Å². The summed E-state index contributed by atoms with van der Waals surface area (Å²) < 4.78 is 33.6. The lowest BCUT2D eigenvalue weighted by Gasteiger charge is -2.15. The molecule has 0 aliphatic carbocycles. The van der Waals surface area contributed by atoms with E-state index in [1.807, 2.05) is 12.1 Å². The summed E-state index contributed by atoms with van der Waals surface area (Å²) in [6.45, 7) is 1.36. The molecule has 0 aliphatic heterocycles. The number of hydrogen-bond acceptors (Lipinski definition) is 4. The van der Waals surface area contributed by atoms with Crippen LogP contribution in [0, 0.1) is 0 Å². The third-order valence-corrected chi connectivity index (χ3v) is 2.41. The lowest BCUT2D eigenvalue weighted by molar-refractivity contribution is 0.104. The molecule has 1 aromatic carbocycles. The van der Waals surface area contributed by atoms with Gasteiger partial charge in [-0.1, -0.05) is 26.0 Å². The fourth-order valence-corrected chi connectivity index (χ4v) is 1.42. The van der Waals surface area contributed by atoms with E-state index in [0.29, 0.717) is 12.4 Å².